The molecule has 5 aromatic rings. The van der Waals surface area contributed by atoms with Crippen molar-refractivity contribution >= 4 is 30.7 Å². The molecule has 0 unspecified atom stereocenters. The summed E-state index contributed by atoms with van der Waals surface area (Å²) >= 11 is 0. The van der Waals surface area contributed by atoms with Crippen LogP contribution < -0.4 is 31.5 Å². The minimum atomic E-state index is -0.682. The largest absolute Gasteiger partial charge is 0.497 e. The second kappa shape index (κ2) is 24.2. The van der Waals surface area contributed by atoms with Gasteiger partial charge in [-0.1, -0.05) is 97.1 Å². The number of rotatable bonds is 13. The fourth-order valence-electron chi connectivity index (χ4n) is 6.84. The zero-order valence-electron chi connectivity index (χ0n) is 35.5. The fraction of sp³-hybridized carbons (Fsp3) is 0.298. The monoisotopic (exact) mass is 870 g/mol. The van der Waals surface area contributed by atoms with Crippen LogP contribution >= 0.6 is 12.4 Å². The van der Waals surface area contributed by atoms with Crippen molar-refractivity contribution in [1.29, 1.82) is 0 Å². The van der Waals surface area contributed by atoms with Gasteiger partial charge in [-0.05, 0) is 89.5 Å². The van der Waals surface area contributed by atoms with Crippen LogP contribution in [0.2, 0.25) is 0 Å². The summed E-state index contributed by atoms with van der Waals surface area (Å²) in [5.41, 5.74) is 11.0. The summed E-state index contributed by atoms with van der Waals surface area (Å²) in [5, 5.41) is 5.19. The van der Waals surface area contributed by atoms with Crippen LogP contribution in [0.15, 0.2) is 121 Å². The number of alkyl carbamates (subject to hydrolysis) is 2. The Morgan fingerprint density at radius 3 is 1.24 bits per heavy atom. The van der Waals surface area contributed by atoms with E-state index in [1.54, 1.807) is 35.0 Å². The molecular weight excluding hydrogens is 816 g/mol. The third-order valence-corrected chi connectivity index (χ3v) is 9.50. The maximum atomic E-state index is 12.0. The quantitative estimate of drug-likeness (QED) is 0.0507. The lowest BCUT2D eigenvalue weighted by Gasteiger charge is -2.19. The molecule has 0 aliphatic heterocycles. The molecule has 2 aliphatic carbocycles. The molecule has 2 aliphatic rings. The first-order chi connectivity index (χ1) is 29.5. The molecule has 5 aromatic carbocycles. The summed E-state index contributed by atoms with van der Waals surface area (Å²) in [7, 11) is 3.28. The predicted molar refractivity (Wildman–Crippen MR) is 238 cm³/mol. The van der Waals surface area contributed by atoms with E-state index in [0.717, 1.165) is 22.6 Å². The number of carbonyl (C=O) groups is 3. The molecule has 0 bridgehead atoms. The number of carbonyl (C=O) groups excluding carboxylic acids is 3. The smallest absolute Gasteiger partial charge is 0.431 e. The third kappa shape index (κ3) is 13.9. The van der Waals surface area contributed by atoms with Crippen LogP contribution in [-0.4, -0.2) is 77.6 Å². The Bertz CT molecular complexity index is 2080. The Hall–Kier alpha value is -6.32. The number of halogens is 1. The van der Waals surface area contributed by atoms with Crippen LogP contribution in [0.3, 0.4) is 0 Å². The van der Waals surface area contributed by atoms with Crippen LogP contribution in [0.25, 0.3) is 22.3 Å². The molecule has 7 rings (SSSR count). The average molecular weight is 871 g/mol. The predicted octanol–water partition coefficient (Wildman–Crippen LogP) is 8.52. The van der Waals surface area contributed by atoms with Crippen molar-refractivity contribution in [2.24, 2.45) is 5.90 Å². The number of fused-ring (bicyclic) bond motifs is 6. The maximum absolute atomic E-state index is 12.0. The van der Waals surface area contributed by atoms with Gasteiger partial charge in [0.25, 0.3) is 0 Å². The van der Waals surface area contributed by atoms with E-state index < -0.39 is 23.9 Å². The molecule has 0 heterocycles. The van der Waals surface area contributed by atoms with Crippen LogP contribution in [0.1, 0.15) is 54.9 Å². The topological polar surface area (TPSA) is 178 Å². The molecule has 0 saturated heterocycles. The van der Waals surface area contributed by atoms with E-state index in [-0.39, 0.29) is 50.6 Å². The van der Waals surface area contributed by atoms with Crippen LogP contribution in [-0.2, 0) is 23.9 Å². The summed E-state index contributed by atoms with van der Waals surface area (Å²) in [6.45, 7) is 6.68. The molecule has 0 saturated carbocycles. The number of nitrogens with two attached hydrogens (primary N) is 1. The van der Waals surface area contributed by atoms with Gasteiger partial charge in [-0.2, -0.15) is 5.48 Å². The van der Waals surface area contributed by atoms with Crippen molar-refractivity contribution in [1.82, 2.24) is 16.1 Å². The van der Waals surface area contributed by atoms with Gasteiger partial charge in [0.15, 0.2) is 0 Å². The standard InChI is InChI=1S/C22H26N2O5.C17H18N2O3.C8H10O2.ClH/c1-22(2,3)29-21(26)24-28-13-12-23-20(25)27-14-19-17-10-6-4-8-15(17)16-9-5-7-11-18(16)19;18-22-10-9-19-17(20)21-11-16-14-7-3-1-5-12(14)13-6-2-4-8-15(13)16;1-9-7-3-5-8(10-2)6-4-7;/h4-11,19H,12-14H2,1-3H3,(H,23,25)(H,24,26);1-8,16H,9-11,18H2,(H,19,20);3-6H,1-2H3;1H. The number of hydroxylamine groups is 1. The molecule has 3 amide bonds. The Kier molecular flexibility index (Phi) is 18.9. The van der Waals surface area contributed by atoms with Gasteiger partial charge in [0, 0.05) is 24.9 Å². The number of hydrogen-bond donors (Lipinski definition) is 4. The SMILES string of the molecule is CC(C)(C)OC(=O)NOCCNC(=O)OCC1c2ccccc2-c2ccccc21.COc1ccc(OC)cc1.Cl.NOCCNC(=O)OCC1c2ccccc2-c2ccccc21. The Balaban J connectivity index is 0.000000225. The average Bonchev–Trinajstić information content (AvgIpc) is 3.77. The molecule has 0 radical (unpaired) electrons. The third-order valence-electron chi connectivity index (χ3n) is 9.50. The van der Waals surface area contributed by atoms with Gasteiger partial charge < -0.3 is 39.2 Å². The number of methoxy groups -OCH3 is 2. The van der Waals surface area contributed by atoms with E-state index in [2.05, 4.69) is 69.5 Å². The van der Waals surface area contributed by atoms with Gasteiger partial charge in [-0.25, -0.2) is 20.3 Å². The zero-order valence-corrected chi connectivity index (χ0v) is 36.3. The second-order valence-corrected chi connectivity index (χ2v) is 14.7. The van der Waals surface area contributed by atoms with Crippen molar-refractivity contribution < 1.29 is 47.7 Å². The van der Waals surface area contributed by atoms with Crippen molar-refractivity contribution in [2.75, 3.05) is 53.7 Å². The molecule has 0 aromatic heterocycles. The van der Waals surface area contributed by atoms with Gasteiger partial charge in [0.2, 0.25) is 0 Å². The lowest BCUT2D eigenvalue weighted by Crippen LogP contribution is -2.35. The highest BCUT2D eigenvalue weighted by Gasteiger charge is 2.30. The lowest BCUT2D eigenvalue weighted by atomic mass is 9.98. The first-order valence-electron chi connectivity index (χ1n) is 19.8. The molecule has 15 heteroatoms. The normalized spacial score (nSPS) is 11.8. The Labute approximate surface area is 368 Å². The van der Waals surface area contributed by atoms with Gasteiger partial charge in [-0.3, -0.25) is 4.84 Å². The van der Waals surface area contributed by atoms with Crippen molar-refractivity contribution in [3.05, 3.63) is 144 Å². The molecule has 330 valence electrons. The summed E-state index contributed by atoms with van der Waals surface area (Å²) < 4.78 is 25.7. The highest BCUT2D eigenvalue weighted by atomic mass is 35.5. The molecule has 5 N–H and O–H groups in total. The zero-order chi connectivity index (χ0) is 43.6. The van der Waals surface area contributed by atoms with Crippen LogP contribution in [0.5, 0.6) is 11.5 Å². The van der Waals surface area contributed by atoms with Gasteiger partial charge >= 0.3 is 18.3 Å². The van der Waals surface area contributed by atoms with Crippen molar-refractivity contribution in [2.45, 2.75) is 38.2 Å². The second-order valence-electron chi connectivity index (χ2n) is 14.7. The first kappa shape index (κ1) is 48.3. The van der Waals surface area contributed by atoms with E-state index in [1.807, 2.05) is 72.8 Å². The molecular formula is C47H55ClN4O10. The number of hydrogen-bond acceptors (Lipinski definition) is 11. The number of amides is 3. The van der Waals surface area contributed by atoms with E-state index in [1.165, 1.54) is 33.4 Å². The summed E-state index contributed by atoms with van der Waals surface area (Å²) in [6.07, 6.45) is -1.68. The Morgan fingerprint density at radius 2 is 0.903 bits per heavy atom. The summed E-state index contributed by atoms with van der Waals surface area (Å²) in [6, 6.07) is 40.2. The van der Waals surface area contributed by atoms with Gasteiger partial charge in [0.05, 0.1) is 27.4 Å². The van der Waals surface area contributed by atoms with E-state index in [4.69, 9.17) is 34.4 Å². The molecule has 14 nitrogen and oxygen atoms in total. The molecule has 0 fully saturated rings. The van der Waals surface area contributed by atoms with E-state index in [0.29, 0.717) is 13.2 Å². The molecule has 62 heavy (non-hydrogen) atoms. The number of ether oxygens (including phenoxy) is 5. The van der Waals surface area contributed by atoms with Gasteiger partial charge in [-0.15, -0.1) is 12.4 Å². The Morgan fingerprint density at radius 1 is 0.548 bits per heavy atom. The molecule has 0 spiro atoms. The minimum absolute atomic E-state index is 0. The first-order valence-corrected chi connectivity index (χ1v) is 19.8. The van der Waals surface area contributed by atoms with E-state index in [9.17, 15) is 14.4 Å². The highest BCUT2D eigenvalue weighted by molar-refractivity contribution is 5.85. The van der Waals surface area contributed by atoms with Crippen molar-refractivity contribution in [3.63, 3.8) is 0 Å². The molecule has 0 atom stereocenters. The number of nitrogens with one attached hydrogen (secondary N) is 3. The maximum Gasteiger partial charge on any atom is 0.431 e. The van der Waals surface area contributed by atoms with Crippen LogP contribution in [0.4, 0.5) is 14.4 Å². The lowest BCUT2D eigenvalue weighted by molar-refractivity contribution is -0.00665. The minimum Gasteiger partial charge on any atom is -0.497 e. The van der Waals surface area contributed by atoms with Gasteiger partial charge in [0.1, 0.15) is 30.3 Å². The summed E-state index contributed by atoms with van der Waals surface area (Å²) in [4.78, 5) is 44.5. The fourth-order valence-corrected chi connectivity index (χ4v) is 6.84. The van der Waals surface area contributed by atoms with E-state index >= 15 is 0 Å². The highest BCUT2D eigenvalue weighted by Crippen LogP contribution is 2.45. The van der Waals surface area contributed by atoms with Crippen LogP contribution in [0, 0.1) is 0 Å². The summed E-state index contributed by atoms with van der Waals surface area (Å²) in [5.74, 6) is 6.68. The number of benzene rings is 5. The van der Waals surface area contributed by atoms with Crippen molar-refractivity contribution in [3.8, 4) is 33.8 Å².